The van der Waals surface area contributed by atoms with E-state index in [1.54, 1.807) is 114 Å². The fraction of sp³-hybridized carbons (Fsp3) is 0.438. The van der Waals surface area contributed by atoms with Crippen LogP contribution < -0.4 is 36.3 Å². The first kappa shape index (κ1) is 81.5. The van der Waals surface area contributed by atoms with Crippen molar-refractivity contribution in [2.45, 2.75) is 157 Å². The number of benzene rings is 3. The van der Waals surface area contributed by atoms with Gasteiger partial charge in [-0.05, 0) is 206 Å². The number of esters is 2. The molecule has 92 heavy (non-hydrogen) atoms. The number of nitrogens with two attached hydrogens (primary N) is 2. The van der Waals surface area contributed by atoms with E-state index in [2.05, 4.69) is 41.1 Å². The zero-order chi connectivity index (χ0) is 67.6. The molecule has 0 saturated heterocycles. The smallest absolute Gasteiger partial charge is 0.377 e. The van der Waals surface area contributed by atoms with Gasteiger partial charge in [-0.25, -0.2) is 18.0 Å². The van der Waals surface area contributed by atoms with Crippen LogP contribution in [0.5, 0.6) is 17.2 Å². The van der Waals surface area contributed by atoms with Gasteiger partial charge in [0, 0.05) is 79.3 Å². The molecule has 2 amide bonds. The van der Waals surface area contributed by atoms with Gasteiger partial charge in [-0.2, -0.15) is 15.0 Å². The molecular weight excluding hydrogens is 1370 g/mol. The molecule has 0 unspecified atom stereocenters. The van der Waals surface area contributed by atoms with Gasteiger partial charge in [0.15, 0.2) is 0 Å². The predicted octanol–water partition coefficient (Wildman–Crippen LogP) is 12.1. The molecule has 0 spiro atoms. The second-order valence-corrected chi connectivity index (χ2v) is 25.0. The third-order valence-corrected chi connectivity index (χ3v) is 10.3. The second kappa shape index (κ2) is 37.7. The Morgan fingerprint density at radius 1 is 0.489 bits per heavy atom. The van der Waals surface area contributed by atoms with E-state index >= 15 is 0 Å². The largest absolute Gasteiger partial charge is 0.489 e. The van der Waals surface area contributed by atoms with E-state index in [9.17, 15) is 37.1 Å². The summed E-state index contributed by atoms with van der Waals surface area (Å²) in [6.07, 6.45) is 1.81. The van der Waals surface area contributed by atoms with E-state index in [0.29, 0.717) is 69.6 Å². The van der Waals surface area contributed by atoms with Crippen LogP contribution >= 0.6 is 0 Å². The third-order valence-electron chi connectivity index (χ3n) is 10.3. The number of nitrogens with one attached hydrogen (secondary N) is 2. The van der Waals surface area contributed by atoms with Crippen LogP contribution in [0.25, 0.3) is 34.4 Å². The van der Waals surface area contributed by atoms with Crippen LogP contribution in [0.1, 0.15) is 161 Å². The van der Waals surface area contributed by atoms with Gasteiger partial charge in [0.2, 0.25) is 0 Å². The Morgan fingerprint density at radius 2 is 0.761 bits per heavy atom. The van der Waals surface area contributed by atoms with Gasteiger partial charge in [0.1, 0.15) is 48.3 Å². The average molecular weight is 1460 g/mol. The molecule has 0 aliphatic rings. The van der Waals surface area contributed by atoms with E-state index < -0.39 is 57.8 Å². The van der Waals surface area contributed by atoms with Crippen molar-refractivity contribution in [3.63, 3.8) is 0 Å². The van der Waals surface area contributed by atoms with E-state index in [-0.39, 0.29) is 115 Å². The summed E-state index contributed by atoms with van der Waals surface area (Å²) < 4.78 is 80.7. The van der Waals surface area contributed by atoms with Crippen molar-refractivity contribution in [3.8, 4) is 51.6 Å². The summed E-state index contributed by atoms with van der Waals surface area (Å²) in [5.41, 5.74) is 11.5. The van der Waals surface area contributed by atoms with Crippen LogP contribution in [0.3, 0.4) is 0 Å². The Hall–Kier alpha value is -8.55. The summed E-state index contributed by atoms with van der Waals surface area (Å²) in [4.78, 5) is 70.3. The molecule has 28 heteroatoms. The molecule has 3 heterocycles. The maximum absolute atomic E-state index is 13.2. The van der Waals surface area contributed by atoms with Gasteiger partial charge in [0.25, 0.3) is 47.0 Å². The number of hydrogen-bond acceptors (Lipinski definition) is 21. The van der Waals surface area contributed by atoms with E-state index in [4.69, 9.17) is 53.8 Å². The number of hydrogen-bond donors (Lipinski definition) is 5. The van der Waals surface area contributed by atoms with Crippen molar-refractivity contribution in [3.05, 3.63) is 133 Å². The molecule has 3 aromatic carbocycles. The molecule has 504 valence electrons. The molecule has 24 nitrogen and oxygen atoms in total. The van der Waals surface area contributed by atoms with Gasteiger partial charge in [-0.3, -0.25) is 19.2 Å². The van der Waals surface area contributed by atoms with E-state index in [1.807, 2.05) is 62.3 Å². The number of aromatic carboxylic acids is 1. The number of ether oxygens (including phenoxy) is 5. The van der Waals surface area contributed by atoms with Gasteiger partial charge >= 0.3 is 17.9 Å². The first-order valence-corrected chi connectivity index (χ1v) is 28.2. The Bertz CT molecular complexity index is 3340. The van der Waals surface area contributed by atoms with Gasteiger partial charge in [-0.1, -0.05) is 10.3 Å². The zero-order valence-corrected chi connectivity index (χ0v) is 57.9. The van der Waals surface area contributed by atoms with Crippen LogP contribution in [0.4, 0.5) is 13.2 Å². The van der Waals surface area contributed by atoms with Crippen molar-refractivity contribution in [2.24, 2.45) is 11.5 Å². The van der Waals surface area contributed by atoms with Crippen LogP contribution in [-0.2, 0) is 40.1 Å². The van der Waals surface area contributed by atoms with Gasteiger partial charge in [-0.15, -0.1) is 0 Å². The summed E-state index contributed by atoms with van der Waals surface area (Å²) in [5.74, 6) is -1.48. The first-order valence-electron chi connectivity index (χ1n) is 28.2. The molecule has 0 radical (unpaired) electrons. The van der Waals surface area contributed by atoms with Gasteiger partial charge < -0.3 is 71.9 Å². The SMILES string of the molecule is CC(C)(C)N.CC(C)(C)NC(=O)c1noc(-c2ccc(OC/C(=C/F)CCC(=O)OC(C)(C)C)cc2)n1.CC(C)(C)NC(=O)c1noc(-c2ccc(OC/C(=C/F)CN)cc2)n1.CC(C)(C)OC(=O)CC/C(=C\F)COc1ccc(-c2nc(C(=O)O)no2)cc1.[CH3-].[W]. The molecule has 6 aromatic rings. The molecule has 0 aliphatic heterocycles. The quantitative estimate of drug-likeness (QED) is 0.0311. The van der Waals surface area contributed by atoms with E-state index in [0.717, 1.165) is 0 Å². The van der Waals surface area contributed by atoms with Crippen LogP contribution in [-0.4, -0.2) is 119 Å². The van der Waals surface area contributed by atoms with Crippen molar-refractivity contribution in [1.82, 2.24) is 41.1 Å². The Morgan fingerprint density at radius 3 is 1.00 bits per heavy atom. The average Bonchev–Trinajstić information content (AvgIpc) is 1.73. The molecule has 7 N–H and O–H groups in total. The number of carbonyl (C=O) groups excluding carboxylic acids is 4. The molecule has 0 fully saturated rings. The molecule has 6 rings (SSSR count). The number of rotatable bonds is 22. The number of aromatic nitrogens is 6. The Labute approximate surface area is 549 Å². The maximum Gasteiger partial charge on any atom is 0.377 e. The first-order chi connectivity index (χ1) is 41.9. The monoisotopic (exact) mass is 1460 g/mol. The third kappa shape index (κ3) is 33.5. The van der Waals surface area contributed by atoms with E-state index in [1.165, 1.54) is 0 Å². The summed E-state index contributed by atoms with van der Waals surface area (Å²) in [5, 5.41) is 25.1. The second-order valence-electron chi connectivity index (χ2n) is 25.0. The molecule has 0 atom stereocenters. The summed E-state index contributed by atoms with van der Waals surface area (Å²) in [7, 11) is 0. The molecule has 0 saturated carbocycles. The zero-order valence-electron chi connectivity index (χ0n) is 55.0. The minimum atomic E-state index is -1.29. The molecule has 3 aromatic heterocycles. The van der Waals surface area contributed by atoms with Gasteiger partial charge in [0.05, 0.1) is 19.0 Å². The summed E-state index contributed by atoms with van der Waals surface area (Å²) in [6.45, 7) is 27.8. The van der Waals surface area contributed by atoms with Crippen molar-refractivity contribution in [2.75, 3.05) is 26.4 Å². The van der Waals surface area contributed by atoms with Crippen LogP contribution in [0, 0.1) is 7.43 Å². The number of halogens is 3. The minimum absolute atomic E-state index is 0. The standard InChI is InChI=1S/C23H30FN3O5.C19H21FN2O6.C17H21FN4O3.C4H11N.CH3.W/c1-22(2,3)26-20(29)19-25-21(32-27-19)16-8-10-17(11-9-16)30-14-15(13-24)7-12-18(28)31-23(4,5)6;1-19(2,3)27-15(23)9-4-12(10-20)11-26-14-7-5-13(6-8-14)17-21-16(18(24)25)22-28-17;1-17(2,3)21-15(23)14-20-16(25-22-14)12-4-6-13(7-5-12)24-10-11(8-18)9-19;1-4(2,3)5;;/h8-11,13H,7,12,14H2,1-6H3,(H,26,29);5-8,10H,4,9,11H2,1-3H3,(H,24,25);4-8H,9-10,19H2,1-3H3,(H,21,23);5H2,1-3H3;1H3;/q;;;;-1;/b15-13+;12-10+;11-8+;;;. The number of amides is 2. The molecule has 0 aliphatic carbocycles. The minimum Gasteiger partial charge on any atom is -0.489 e. The topological polar surface area (TPSA) is 345 Å². The Kier molecular flexibility index (Phi) is 33.4. The van der Waals surface area contributed by atoms with Crippen LogP contribution in [0.15, 0.2) is 122 Å². The Balaban J connectivity index is 0.000000661. The van der Waals surface area contributed by atoms with Crippen molar-refractivity contribution >= 4 is 29.7 Å². The number of carboxylic acid groups (broad SMARTS) is 1. The van der Waals surface area contributed by atoms with Crippen LogP contribution in [0.2, 0.25) is 0 Å². The predicted molar refractivity (Wildman–Crippen MR) is 334 cm³/mol. The molecule has 0 bridgehead atoms. The molecular formula is C64H86F3N10O14W-. The maximum atomic E-state index is 13.2. The summed E-state index contributed by atoms with van der Waals surface area (Å²) in [6, 6.07) is 19.9. The van der Waals surface area contributed by atoms with Crippen molar-refractivity contribution in [1.29, 1.82) is 0 Å². The number of carbonyl (C=O) groups is 5. The number of carboxylic acids is 1. The fourth-order valence-corrected chi connectivity index (χ4v) is 6.46. The number of nitrogens with zero attached hydrogens (tertiary/aromatic N) is 6. The van der Waals surface area contributed by atoms with Crippen molar-refractivity contribution < 1.29 is 101 Å². The summed E-state index contributed by atoms with van der Waals surface area (Å²) >= 11 is 0. The fourth-order valence-electron chi connectivity index (χ4n) is 6.46. The normalized spacial score (nSPS) is 11.9.